The summed E-state index contributed by atoms with van der Waals surface area (Å²) in [5.74, 6) is 0. The van der Waals surface area contributed by atoms with Gasteiger partial charge in [0.05, 0.1) is 0 Å². The van der Waals surface area contributed by atoms with E-state index in [0.717, 1.165) is 26.2 Å². The van der Waals surface area contributed by atoms with Crippen molar-refractivity contribution in [3.05, 3.63) is 29.3 Å². The summed E-state index contributed by atoms with van der Waals surface area (Å²) in [7, 11) is 6.25. The normalized spacial score (nSPS) is 11.1. The zero-order valence-corrected chi connectivity index (χ0v) is 13.2. The summed E-state index contributed by atoms with van der Waals surface area (Å²) in [5, 5.41) is 3.22. The fourth-order valence-corrected chi connectivity index (χ4v) is 2.23. The third-order valence-corrected chi connectivity index (χ3v) is 3.37. The monoisotopic (exact) mass is 263 g/mol. The van der Waals surface area contributed by atoms with Crippen LogP contribution in [0.15, 0.2) is 18.2 Å². The molecule has 0 aliphatic rings. The topological polar surface area (TPSA) is 18.5 Å². The molecule has 0 fully saturated rings. The van der Waals surface area contributed by atoms with Crippen LogP contribution in [0.5, 0.6) is 0 Å². The van der Waals surface area contributed by atoms with E-state index in [1.54, 1.807) is 0 Å². The Labute approximate surface area is 118 Å². The van der Waals surface area contributed by atoms with Gasteiger partial charge in [-0.2, -0.15) is 0 Å². The van der Waals surface area contributed by atoms with Crippen LogP contribution < -0.4 is 10.2 Å². The van der Waals surface area contributed by atoms with Gasteiger partial charge in [-0.15, -0.1) is 0 Å². The first-order valence-electron chi connectivity index (χ1n) is 7.22. The van der Waals surface area contributed by atoms with E-state index in [1.165, 1.54) is 23.2 Å². The molecule has 0 atom stereocenters. The molecule has 0 heterocycles. The summed E-state index contributed by atoms with van der Waals surface area (Å²) in [5.41, 5.74) is 4.11. The Morgan fingerprint density at radius 1 is 1.11 bits per heavy atom. The maximum atomic E-state index is 3.22. The lowest BCUT2D eigenvalue weighted by molar-refractivity contribution is 0.413. The van der Waals surface area contributed by atoms with E-state index < -0.39 is 0 Å². The Balaban J connectivity index is 2.80. The van der Waals surface area contributed by atoms with Crippen molar-refractivity contribution in [1.82, 2.24) is 10.2 Å². The fourth-order valence-electron chi connectivity index (χ4n) is 2.23. The maximum absolute atomic E-state index is 3.22. The fraction of sp³-hybridized carbons (Fsp3) is 0.625. The van der Waals surface area contributed by atoms with Crippen molar-refractivity contribution < 1.29 is 0 Å². The SMILES string of the molecule is CCCN(CCN(C)C)c1ccc(CNC)c(C)c1. The third-order valence-electron chi connectivity index (χ3n) is 3.37. The van der Waals surface area contributed by atoms with Crippen LogP contribution in [0.4, 0.5) is 5.69 Å². The summed E-state index contributed by atoms with van der Waals surface area (Å²) in [6.45, 7) is 8.69. The van der Waals surface area contributed by atoms with Crippen LogP contribution in [0.3, 0.4) is 0 Å². The second-order valence-corrected chi connectivity index (χ2v) is 5.43. The van der Waals surface area contributed by atoms with Gasteiger partial charge in [0.25, 0.3) is 0 Å². The van der Waals surface area contributed by atoms with Gasteiger partial charge >= 0.3 is 0 Å². The minimum absolute atomic E-state index is 0.942. The second kappa shape index (κ2) is 8.18. The van der Waals surface area contributed by atoms with Crippen LogP contribution in [-0.2, 0) is 6.54 Å². The molecule has 3 heteroatoms. The maximum Gasteiger partial charge on any atom is 0.0369 e. The number of anilines is 1. The van der Waals surface area contributed by atoms with E-state index in [0.29, 0.717) is 0 Å². The van der Waals surface area contributed by atoms with Crippen LogP contribution in [-0.4, -0.2) is 45.7 Å². The molecule has 0 spiro atoms. The predicted molar refractivity (Wildman–Crippen MR) is 85.0 cm³/mol. The number of likely N-dealkylation sites (N-methyl/N-ethyl adjacent to an activating group) is 1. The summed E-state index contributed by atoms with van der Waals surface area (Å²) in [4.78, 5) is 4.72. The highest BCUT2D eigenvalue weighted by atomic mass is 15.2. The Morgan fingerprint density at radius 3 is 2.37 bits per heavy atom. The number of hydrogen-bond donors (Lipinski definition) is 1. The first kappa shape index (κ1) is 16.0. The highest BCUT2D eigenvalue weighted by molar-refractivity contribution is 5.50. The molecule has 1 N–H and O–H groups in total. The molecule has 0 saturated heterocycles. The van der Waals surface area contributed by atoms with Crippen LogP contribution in [0.2, 0.25) is 0 Å². The van der Waals surface area contributed by atoms with Gasteiger partial charge in [-0.1, -0.05) is 13.0 Å². The molecule has 0 aliphatic carbocycles. The second-order valence-electron chi connectivity index (χ2n) is 5.43. The van der Waals surface area contributed by atoms with E-state index in [-0.39, 0.29) is 0 Å². The van der Waals surface area contributed by atoms with Gasteiger partial charge < -0.3 is 15.1 Å². The van der Waals surface area contributed by atoms with Gasteiger partial charge in [0.2, 0.25) is 0 Å². The molecule has 1 aromatic carbocycles. The first-order chi connectivity index (χ1) is 9.08. The summed E-state index contributed by atoms with van der Waals surface area (Å²) in [6, 6.07) is 6.82. The molecule has 1 aromatic rings. The molecule has 19 heavy (non-hydrogen) atoms. The van der Waals surface area contributed by atoms with Crippen LogP contribution in [0.25, 0.3) is 0 Å². The Kier molecular flexibility index (Phi) is 6.89. The quantitative estimate of drug-likeness (QED) is 0.777. The summed E-state index contributed by atoms with van der Waals surface area (Å²) in [6.07, 6.45) is 1.19. The minimum atomic E-state index is 0.942. The van der Waals surface area contributed by atoms with Gasteiger partial charge in [0, 0.05) is 31.9 Å². The molecule has 0 radical (unpaired) electrons. The number of benzene rings is 1. The molecule has 1 rings (SSSR count). The standard InChI is InChI=1S/C16H29N3/c1-6-9-19(11-10-18(4)5)16-8-7-15(13-17-3)14(2)12-16/h7-8,12,17H,6,9-11,13H2,1-5H3. The number of nitrogens with zero attached hydrogens (tertiary/aromatic N) is 2. The third kappa shape index (κ3) is 5.21. The molecule has 3 nitrogen and oxygen atoms in total. The molecule has 0 aliphatic heterocycles. The average molecular weight is 263 g/mol. The van der Waals surface area contributed by atoms with Crippen LogP contribution in [0.1, 0.15) is 24.5 Å². The average Bonchev–Trinajstić information content (AvgIpc) is 2.37. The van der Waals surface area contributed by atoms with Crippen molar-refractivity contribution in [2.45, 2.75) is 26.8 Å². The zero-order valence-electron chi connectivity index (χ0n) is 13.2. The Bertz CT molecular complexity index is 374. The van der Waals surface area contributed by atoms with E-state index in [4.69, 9.17) is 0 Å². The van der Waals surface area contributed by atoms with Crippen molar-refractivity contribution >= 4 is 5.69 Å². The zero-order chi connectivity index (χ0) is 14.3. The molecule has 0 aromatic heterocycles. The van der Waals surface area contributed by atoms with E-state index in [2.05, 4.69) is 61.3 Å². The largest absolute Gasteiger partial charge is 0.370 e. The Hall–Kier alpha value is -1.06. The molecule has 0 amide bonds. The van der Waals surface area contributed by atoms with Crippen molar-refractivity contribution in [1.29, 1.82) is 0 Å². The minimum Gasteiger partial charge on any atom is -0.370 e. The van der Waals surface area contributed by atoms with Gasteiger partial charge in [0.1, 0.15) is 0 Å². The first-order valence-corrected chi connectivity index (χ1v) is 7.22. The number of nitrogens with one attached hydrogen (secondary N) is 1. The summed E-state index contributed by atoms with van der Waals surface area (Å²) >= 11 is 0. The highest BCUT2D eigenvalue weighted by Gasteiger charge is 2.07. The molecule has 108 valence electrons. The van der Waals surface area contributed by atoms with Crippen molar-refractivity contribution in [2.75, 3.05) is 45.7 Å². The molecular weight excluding hydrogens is 234 g/mol. The lowest BCUT2D eigenvalue weighted by atomic mass is 10.1. The van der Waals surface area contributed by atoms with Gasteiger partial charge in [-0.05, 0) is 57.7 Å². The number of hydrogen-bond acceptors (Lipinski definition) is 3. The van der Waals surface area contributed by atoms with Crippen molar-refractivity contribution in [3.63, 3.8) is 0 Å². The smallest absolute Gasteiger partial charge is 0.0369 e. The molecule has 0 unspecified atom stereocenters. The van der Waals surface area contributed by atoms with Gasteiger partial charge in [-0.25, -0.2) is 0 Å². The lowest BCUT2D eigenvalue weighted by Crippen LogP contribution is -2.32. The van der Waals surface area contributed by atoms with Gasteiger partial charge in [0.15, 0.2) is 0 Å². The van der Waals surface area contributed by atoms with E-state index >= 15 is 0 Å². The highest BCUT2D eigenvalue weighted by Crippen LogP contribution is 2.19. The van der Waals surface area contributed by atoms with E-state index in [9.17, 15) is 0 Å². The summed E-state index contributed by atoms with van der Waals surface area (Å²) < 4.78 is 0. The van der Waals surface area contributed by atoms with Crippen LogP contribution >= 0.6 is 0 Å². The van der Waals surface area contributed by atoms with Crippen molar-refractivity contribution in [2.24, 2.45) is 0 Å². The van der Waals surface area contributed by atoms with Gasteiger partial charge in [-0.3, -0.25) is 0 Å². The van der Waals surface area contributed by atoms with Crippen molar-refractivity contribution in [3.8, 4) is 0 Å². The lowest BCUT2D eigenvalue weighted by Gasteiger charge is -2.26. The number of rotatable bonds is 8. The molecule has 0 bridgehead atoms. The van der Waals surface area contributed by atoms with Crippen LogP contribution in [0, 0.1) is 6.92 Å². The van der Waals surface area contributed by atoms with E-state index in [1.807, 2.05) is 7.05 Å². The molecule has 0 saturated carbocycles. The Morgan fingerprint density at radius 2 is 1.84 bits per heavy atom. The number of aryl methyl sites for hydroxylation is 1. The molecular formula is C16H29N3. The predicted octanol–water partition coefficient (Wildman–Crippen LogP) is 2.49.